The Bertz CT molecular complexity index is 509. The molecule has 1 fully saturated rings. The van der Waals surface area contributed by atoms with Gasteiger partial charge in [0, 0.05) is 12.1 Å². The number of carbonyl (C=O) groups excluding carboxylic acids is 1. The monoisotopic (exact) mass is 311 g/mol. The van der Waals surface area contributed by atoms with Crippen molar-refractivity contribution in [2.24, 2.45) is 0 Å². The Morgan fingerprint density at radius 3 is 3.20 bits per heavy atom. The number of benzene rings is 1. The zero-order valence-electron chi connectivity index (χ0n) is 11.3. The van der Waals surface area contributed by atoms with Crippen LogP contribution in [0.1, 0.15) is 17.4 Å². The number of thioether (sulfide) groups is 2. The first kappa shape index (κ1) is 13.9. The summed E-state index contributed by atoms with van der Waals surface area (Å²) < 4.78 is 11.0. The first-order chi connectivity index (χ1) is 9.81. The average molecular weight is 311 g/mol. The van der Waals surface area contributed by atoms with E-state index in [1.807, 2.05) is 34.9 Å². The second-order valence-corrected chi connectivity index (χ2v) is 6.73. The molecule has 0 bridgehead atoms. The van der Waals surface area contributed by atoms with Gasteiger partial charge in [-0.2, -0.15) is 11.8 Å². The van der Waals surface area contributed by atoms with Gasteiger partial charge in [-0.25, -0.2) is 0 Å². The van der Waals surface area contributed by atoms with Gasteiger partial charge in [0.25, 0.3) is 0 Å². The number of hydrogen-bond acceptors (Lipinski definition) is 5. The topological polar surface area (TPSA) is 38.8 Å². The smallest absolute Gasteiger partial charge is 0.233 e. The molecule has 2 aliphatic heterocycles. The number of ether oxygens (including phenoxy) is 2. The van der Waals surface area contributed by atoms with Gasteiger partial charge >= 0.3 is 0 Å². The molecular formula is C14H17NO3S2. The van der Waals surface area contributed by atoms with E-state index in [0.717, 1.165) is 35.8 Å². The lowest BCUT2D eigenvalue weighted by Gasteiger charge is -2.24. The van der Waals surface area contributed by atoms with Crippen molar-refractivity contribution in [1.29, 1.82) is 0 Å². The highest BCUT2D eigenvalue weighted by atomic mass is 32.2. The molecule has 2 aliphatic rings. The van der Waals surface area contributed by atoms with Crippen LogP contribution in [0, 0.1) is 0 Å². The molecule has 6 heteroatoms. The largest absolute Gasteiger partial charge is 0.454 e. The van der Waals surface area contributed by atoms with Crippen LogP contribution >= 0.6 is 23.5 Å². The number of fused-ring (bicyclic) bond motifs is 1. The summed E-state index contributed by atoms with van der Waals surface area (Å²) in [5, 5.41) is 0.0565. The quantitative estimate of drug-likeness (QED) is 0.782. The summed E-state index contributed by atoms with van der Waals surface area (Å²) in [6, 6.07) is 5.91. The van der Waals surface area contributed by atoms with E-state index in [-0.39, 0.29) is 18.1 Å². The molecule has 0 N–H and O–H groups in total. The van der Waals surface area contributed by atoms with E-state index in [9.17, 15) is 4.79 Å². The minimum Gasteiger partial charge on any atom is -0.454 e. The zero-order chi connectivity index (χ0) is 13.9. The van der Waals surface area contributed by atoms with Crippen molar-refractivity contribution in [2.45, 2.75) is 11.8 Å². The summed E-state index contributed by atoms with van der Waals surface area (Å²) in [4.78, 5) is 14.0. The van der Waals surface area contributed by atoms with Gasteiger partial charge in [-0.3, -0.25) is 4.79 Å². The summed E-state index contributed by atoms with van der Waals surface area (Å²) in [6.07, 6.45) is 3.11. The van der Waals surface area contributed by atoms with Crippen molar-refractivity contribution >= 4 is 29.4 Å². The molecule has 0 aromatic heterocycles. The van der Waals surface area contributed by atoms with E-state index in [2.05, 4.69) is 6.26 Å². The van der Waals surface area contributed by atoms with Gasteiger partial charge in [0.05, 0.1) is 5.75 Å². The Hall–Kier alpha value is -1.01. The van der Waals surface area contributed by atoms with Gasteiger partial charge in [-0.15, -0.1) is 11.8 Å². The molecule has 0 spiro atoms. The van der Waals surface area contributed by atoms with E-state index < -0.39 is 0 Å². The molecule has 1 atom stereocenters. The van der Waals surface area contributed by atoms with Gasteiger partial charge in [0.15, 0.2) is 11.5 Å². The Labute approximate surface area is 127 Å². The molecule has 2 heterocycles. The number of amides is 1. The molecule has 3 rings (SSSR count). The van der Waals surface area contributed by atoms with Crippen LogP contribution in [0.3, 0.4) is 0 Å². The van der Waals surface area contributed by atoms with Crippen LogP contribution in [0.4, 0.5) is 0 Å². The fraction of sp³-hybridized carbons (Fsp3) is 0.500. The molecule has 4 nitrogen and oxygen atoms in total. The third-order valence-electron chi connectivity index (χ3n) is 3.41. The first-order valence-electron chi connectivity index (χ1n) is 6.60. The van der Waals surface area contributed by atoms with Crippen molar-refractivity contribution in [2.75, 3.05) is 31.1 Å². The minimum atomic E-state index is 0.0565. The van der Waals surface area contributed by atoms with Gasteiger partial charge in [0.1, 0.15) is 5.37 Å². The summed E-state index contributed by atoms with van der Waals surface area (Å²) in [5.74, 6) is 3.43. The Morgan fingerprint density at radius 2 is 2.35 bits per heavy atom. The van der Waals surface area contributed by atoms with Gasteiger partial charge < -0.3 is 14.4 Å². The van der Waals surface area contributed by atoms with Crippen LogP contribution < -0.4 is 9.47 Å². The molecular weight excluding hydrogens is 294 g/mol. The second kappa shape index (κ2) is 6.18. The number of para-hydroxylation sites is 1. The SMILES string of the molecule is CSCCCN1C(=O)CSC1c1cccc2c1OCO2. The third-order valence-corrected chi connectivity index (χ3v) is 5.34. The predicted molar refractivity (Wildman–Crippen MR) is 82.5 cm³/mol. The summed E-state index contributed by atoms with van der Waals surface area (Å²) in [5.41, 5.74) is 1.06. The van der Waals surface area contributed by atoms with Crippen LogP contribution in [0.15, 0.2) is 18.2 Å². The zero-order valence-corrected chi connectivity index (χ0v) is 13.0. The summed E-state index contributed by atoms with van der Waals surface area (Å²) in [7, 11) is 0. The fourth-order valence-corrected chi connectivity index (χ4v) is 4.13. The van der Waals surface area contributed by atoms with Crippen molar-refractivity contribution in [3.63, 3.8) is 0 Å². The van der Waals surface area contributed by atoms with E-state index in [1.165, 1.54) is 0 Å². The molecule has 1 aromatic rings. The van der Waals surface area contributed by atoms with E-state index in [0.29, 0.717) is 5.75 Å². The average Bonchev–Trinajstić information content (AvgIpc) is 3.06. The minimum absolute atomic E-state index is 0.0565. The maximum atomic E-state index is 12.1. The number of hydrogen-bond donors (Lipinski definition) is 0. The lowest BCUT2D eigenvalue weighted by molar-refractivity contribution is -0.128. The maximum absolute atomic E-state index is 12.1. The Morgan fingerprint density at radius 1 is 1.45 bits per heavy atom. The van der Waals surface area contributed by atoms with Crippen LogP contribution in [-0.2, 0) is 4.79 Å². The number of nitrogens with zero attached hydrogens (tertiary/aromatic N) is 1. The van der Waals surface area contributed by atoms with Crippen LogP contribution in [0.2, 0.25) is 0 Å². The predicted octanol–water partition coefficient (Wildman–Crippen LogP) is 2.74. The second-order valence-electron chi connectivity index (χ2n) is 4.68. The molecule has 0 saturated carbocycles. The van der Waals surface area contributed by atoms with Crippen LogP contribution in [-0.4, -0.2) is 41.9 Å². The summed E-state index contributed by atoms with van der Waals surface area (Å²) in [6.45, 7) is 1.08. The van der Waals surface area contributed by atoms with Gasteiger partial charge in [-0.1, -0.05) is 12.1 Å². The van der Waals surface area contributed by atoms with Crippen LogP contribution in [0.5, 0.6) is 11.5 Å². The van der Waals surface area contributed by atoms with Crippen molar-refractivity contribution in [3.8, 4) is 11.5 Å². The van der Waals surface area contributed by atoms with Crippen molar-refractivity contribution < 1.29 is 14.3 Å². The fourth-order valence-electron chi connectivity index (χ4n) is 2.48. The van der Waals surface area contributed by atoms with E-state index >= 15 is 0 Å². The molecule has 1 saturated heterocycles. The molecule has 108 valence electrons. The van der Waals surface area contributed by atoms with E-state index in [4.69, 9.17) is 9.47 Å². The standard InChI is InChI=1S/C14H17NO3S2/c1-19-7-3-6-15-12(16)8-20-14(15)10-4-2-5-11-13(10)18-9-17-11/h2,4-5,14H,3,6-9H2,1H3. The molecule has 1 aromatic carbocycles. The lowest BCUT2D eigenvalue weighted by Crippen LogP contribution is -2.29. The first-order valence-corrected chi connectivity index (χ1v) is 9.04. The highest BCUT2D eigenvalue weighted by molar-refractivity contribution is 8.00. The third kappa shape index (κ3) is 2.59. The van der Waals surface area contributed by atoms with Gasteiger partial charge in [-0.05, 0) is 24.5 Å². The number of rotatable bonds is 5. The summed E-state index contributed by atoms with van der Waals surface area (Å²) >= 11 is 3.48. The Kier molecular flexibility index (Phi) is 4.31. The Balaban J connectivity index is 1.81. The maximum Gasteiger partial charge on any atom is 0.233 e. The molecule has 1 unspecified atom stereocenters. The highest BCUT2D eigenvalue weighted by Gasteiger charge is 2.35. The van der Waals surface area contributed by atoms with Gasteiger partial charge in [0.2, 0.25) is 12.7 Å². The number of carbonyl (C=O) groups is 1. The normalized spacial score (nSPS) is 20.8. The highest BCUT2D eigenvalue weighted by Crippen LogP contribution is 2.47. The molecule has 1 amide bonds. The van der Waals surface area contributed by atoms with Crippen molar-refractivity contribution in [1.82, 2.24) is 4.90 Å². The molecule has 0 aliphatic carbocycles. The molecule has 0 radical (unpaired) electrons. The lowest BCUT2D eigenvalue weighted by atomic mass is 10.1. The van der Waals surface area contributed by atoms with Crippen molar-refractivity contribution in [3.05, 3.63) is 23.8 Å². The van der Waals surface area contributed by atoms with E-state index in [1.54, 1.807) is 11.8 Å². The molecule has 20 heavy (non-hydrogen) atoms. The van der Waals surface area contributed by atoms with Crippen LogP contribution in [0.25, 0.3) is 0 Å².